The Morgan fingerprint density at radius 2 is 1.69 bits per heavy atom. The van der Waals surface area contributed by atoms with Crippen molar-refractivity contribution in [2.45, 2.75) is 70.1 Å². The summed E-state index contributed by atoms with van der Waals surface area (Å²) in [6.45, 7) is 4.88. The molecule has 4 nitrogen and oxygen atoms in total. The van der Waals surface area contributed by atoms with Gasteiger partial charge in [-0.2, -0.15) is 13.2 Å². The maximum atomic E-state index is 14.3. The number of fused-ring (bicyclic) bond motifs is 3. The van der Waals surface area contributed by atoms with Gasteiger partial charge in [0.2, 0.25) is 5.78 Å². The lowest BCUT2D eigenvalue weighted by molar-refractivity contribution is -0.141. The first-order chi connectivity index (χ1) is 16.7. The van der Waals surface area contributed by atoms with Gasteiger partial charge >= 0.3 is 6.18 Å². The smallest absolute Gasteiger partial charge is 0.297 e. The summed E-state index contributed by atoms with van der Waals surface area (Å²) in [6, 6.07) is 14.8. The van der Waals surface area contributed by atoms with Crippen molar-refractivity contribution in [2.24, 2.45) is 0 Å². The maximum absolute atomic E-state index is 14.3. The van der Waals surface area contributed by atoms with Crippen LogP contribution < -0.4 is 0 Å². The zero-order valence-corrected chi connectivity index (χ0v) is 21.4. The first-order valence-corrected chi connectivity index (χ1v) is 13.2. The van der Waals surface area contributed by atoms with Crippen molar-refractivity contribution in [2.75, 3.05) is 6.54 Å². The number of hydrogen-bond acceptors (Lipinski definition) is 2. The van der Waals surface area contributed by atoms with Crippen LogP contribution in [0.4, 0.5) is 13.2 Å². The van der Waals surface area contributed by atoms with Gasteiger partial charge < -0.3 is 0 Å². The fourth-order valence-corrected chi connectivity index (χ4v) is 5.84. The van der Waals surface area contributed by atoms with E-state index >= 15 is 0 Å². The maximum Gasteiger partial charge on any atom is 0.435 e. The molecule has 2 saturated carbocycles. The quantitative estimate of drug-likeness (QED) is 0.243. The molecule has 0 unspecified atom stereocenters. The van der Waals surface area contributed by atoms with Crippen molar-refractivity contribution < 1.29 is 13.2 Å². The zero-order chi connectivity index (χ0) is 24.5. The Labute approximate surface area is 210 Å². The summed E-state index contributed by atoms with van der Waals surface area (Å²) in [5.74, 6) is 0.647. The molecule has 6 rings (SSSR count). The Hall–Kier alpha value is -2.32. The highest BCUT2D eigenvalue weighted by molar-refractivity contribution is 9.10. The first kappa shape index (κ1) is 23.1. The molecular weight excluding hydrogens is 517 g/mol. The summed E-state index contributed by atoms with van der Waals surface area (Å²) >= 11 is 3.68. The molecule has 2 heterocycles. The van der Waals surface area contributed by atoms with E-state index in [-0.39, 0.29) is 5.69 Å². The van der Waals surface area contributed by atoms with Gasteiger partial charge in [-0.25, -0.2) is 4.98 Å². The molecule has 184 valence electrons. The van der Waals surface area contributed by atoms with Gasteiger partial charge in [0.1, 0.15) is 0 Å². The minimum atomic E-state index is -4.52. The third-order valence-electron chi connectivity index (χ3n) is 7.31. The third-order valence-corrected chi connectivity index (χ3v) is 7.94. The molecule has 8 heteroatoms. The number of para-hydroxylation sites is 2. The molecule has 2 aliphatic carbocycles. The fraction of sp³-hybridized carbons (Fsp3) is 0.444. The van der Waals surface area contributed by atoms with Crippen molar-refractivity contribution in [3.05, 3.63) is 63.9 Å². The van der Waals surface area contributed by atoms with Crippen molar-refractivity contribution in [3.8, 4) is 5.69 Å². The van der Waals surface area contributed by atoms with Crippen LogP contribution in [-0.4, -0.2) is 37.5 Å². The van der Waals surface area contributed by atoms with Crippen molar-refractivity contribution in [3.63, 3.8) is 0 Å². The summed E-state index contributed by atoms with van der Waals surface area (Å²) in [5.41, 5.74) is 3.00. The fourth-order valence-electron chi connectivity index (χ4n) is 5.26. The van der Waals surface area contributed by atoms with Crippen LogP contribution >= 0.6 is 15.9 Å². The lowest BCUT2D eigenvalue weighted by Crippen LogP contribution is -2.31. The molecular formula is C27H28BrF3N4. The Bertz CT molecular complexity index is 1400. The number of hydrogen-bond donors (Lipinski definition) is 0. The van der Waals surface area contributed by atoms with Crippen LogP contribution in [0.25, 0.3) is 22.5 Å². The van der Waals surface area contributed by atoms with Gasteiger partial charge in [-0.3, -0.25) is 13.9 Å². The van der Waals surface area contributed by atoms with Crippen molar-refractivity contribution >= 4 is 32.7 Å². The summed E-state index contributed by atoms with van der Waals surface area (Å²) < 4.78 is 47.2. The van der Waals surface area contributed by atoms with Gasteiger partial charge in [0.05, 0.1) is 22.4 Å². The van der Waals surface area contributed by atoms with E-state index in [0.717, 1.165) is 52.4 Å². The topological polar surface area (TPSA) is 25.5 Å². The Morgan fingerprint density at radius 3 is 2.26 bits per heavy atom. The molecule has 0 N–H and O–H groups in total. The molecule has 2 aromatic carbocycles. The lowest BCUT2D eigenvalue weighted by Gasteiger charge is -2.21. The van der Waals surface area contributed by atoms with E-state index in [1.165, 1.54) is 0 Å². The molecule has 0 saturated heterocycles. The SMILES string of the molecule is CC(C)c1ccc(-n2c3ccccc3n3c(CCN(C4CC4)C4CC4)c(C(F)(F)F)nc23)c(Br)c1. The van der Waals surface area contributed by atoms with Crippen LogP contribution in [0.5, 0.6) is 0 Å². The molecule has 0 aliphatic heterocycles. The third kappa shape index (κ3) is 4.08. The van der Waals surface area contributed by atoms with Gasteiger partial charge in [0.25, 0.3) is 0 Å². The predicted molar refractivity (Wildman–Crippen MR) is 135 cm³/mol. The summed E-state index contributed by atoms with van der Waals surface area (Å²) in [4.78, 5) is 6.69. The minimum absolute atomic E-state index is 0.253. The minimum Gasteiger partial charge on any atom is -0.297 e. The predicted octanol–water partition coefficient (Wildman–Crippen LogP) is 7.35. The van der Waals surface area contributed by atoms with E-state index in [9.17, 15) is 13.2 Å². The van der Waals surface area contributed by atoms with Crippen molar-refractivity contribution in [1.82, 2.24) is 18.9 Å². The van der Waals surface area contributed by atoms with E-state index in [1.54, 1.807) is 4.40 Å². The van der Waals surface area contributed by atoms with Crippen molar-refractivity contribution in [1.29, 1.82) is 0 Å². The molecule has 2 aliphatic rings. The number of alkyl halides is 3. The number of nitrogens with zero attached hydrogens (tertiary/aromatic N) is 4. The van der Waals surface area contributed by atoms with Crippen LogP contribution in [0.1, 0.15) is 62.4 Å². The number of imidazole rings is 2. The molecule has 0 spiro atoms. The van der Waals surface area contributed by atoms with Gasteiger partial charge in [-0.05, 0) is 77.4 Å². The number of benzene rings is 2. The lowest BCUT2D eigenvalue weighted by atomic mass is 10.0. The van der Waals surface area contributed by atoms with Crippen LogP contribution in [0, 0.1) is 0 Å². The van der Waals surface area contributed by atoms with Gasteiger partial charge in [-0.15, -0.1) is 0 Å². The Balaban J connectivity index is 1.54. The molecule has 0 amide bonds. The van der Waals surface area contributed by atoms with E-state index < -0.39 is 11.9 Å². The van der Waals surface area contributed by atoms with Gasteiger partial charge in [0.15, 0.2) is 5.69 Å². The molecule has 4 aromatic rings. The molecule has 35 heavy (non-hydrogen) atoms. The molecule has 2 aromatic heterocycles. The van der Waals surface area contributed by atoms with E-state index in [2.05, 4.69) is 39.7 Å². The van der Waals surface area contributed by atoms with Crippen LogP contribution in [0.2, 0.25) is 0 Å². The zero-order valence-electron chi connectivity index (χ0n) is 19.8. The first-order valence-electron chi connectivity index (χ1n) is 12.4. The van der Waals surface area contributed by atoms with Crippen LogP contribution in [0.15, 0.2) is 46.9 Å². The second kappa shape index (κ2) is 8.37. The average molecular weight is 545 g/mol. The largest absolute Gasteiger partial charge is 0.435 e. The highest BCUT2D eigenvalue weighted by Gasteiger charge is 2.42. The summed E-state index contributed by atoms with van der Waals surface area (Å²) in [5, 5.41) is 0. The molecule has 0 bridgehead atoms. The van der Waals surface area contributed by atoms with Crippen LogP contribution in [-0.2, 0) is 12.6 Å². The molecule has 2 fully saturated rings. The van der Waals surface area contributed by atoms with Crippen LogP contribution in [0.3, 0.4) is 0 Å². The van der Waals surface area contributed by atoms with E-state index in [1.807, 2.05) is 47.0 Å². The van der Waals surface area contributed by atoms with E-state index in [4.69, 9.17) is 0 Å². The monoisotopic (exact) mass is 544 g/mol. The summed E-state index contributed by atoms with van der Waals surface area (Å²) in [7, 11) is 0. The normalized spacial score (nSPS) is 16.9. The molecule has 0 atom stereocenters. The number of aromatic nitrogens is 3. The second-order valence-electron chi connectivity index (χ2n) is 10.2. The highest BCUT2D eigenvalue weighted by Crippen LogP contribution is 2.40. The highest BCUT2D eigenvalue weighted by atomic mass is 79.9. The van der Waals surface area contributed by atoms with Gasteiger partial charge in [-0.1, -0.05) is 32.0 Å². The average Bonchev–Trinajstić information content (AvgIpc) is 3.74. The Morgan fingerprint density at radius 1 is 1.03 bits per heavy atom. The Kier molecular flexibility index (Phi) is 5.53. The summed E-state index contributed by atoms with van der Waals surface area (Å²) in [6.07, 6.45) is 0.434. The number of rotatable bonds is 7. The van der Waals surface area contributed by atoms with Gasteiger partial charge in [0, 0.05) is 29.5 Å². The van der Waals surface area contributed by atoms with E-state index in [0.29, 0.717) is 36.7 Å². The second-order valence-corrected chi connectivity index (χ2v) is 11.0. The standard InChI is InChI=1S/C27H28BrF3N4/c1-16(2)17-7-12-21(20(28)15-17)34-22-5-3-4-6-23(22)35-24(25(27(29,30)31)32-26(34)35)13-14-33(18-8-9-18)19-10-11-19/h3-7,12,15-16,18-19H,8-11,13-14H2,1-2H3. The molecule has 0 radical (unpaired) electrons. The number of halogens is 4.